The Balaban J connectivity index is 0.00000103. The minimum absolute atomic E-state index is 0.243. The van der Waals surface area contributed by atoms with Gasteiger partial charge in [-0.3, -0.25) is 9.89 Å². The van der Waals surface area contributed by atoms with Crippen molar-refractivity contribution in [3.63, 3.8) is 0 Å². The standard InChI is InChI=1S/C15H13N5O.3CH5N/c16-15(17)20-14(21)10-4-5-13-9(6-10)2-1-3-12(13)11-7-18-19-8-11;3*1-2/h1-8H,(H,18,19)(H4,16,17,20,21);3*2H2,1H3. The number of guanidine groups is 1. The Labute approximate surface area is 158 Å². The molecule has 0 spiro atoms. The number of carbonyl (C=O) groups is 1. The first kappa shape index (κ1) is 23.7. The summed E-state index contributed by atoms with van der Waals surface area (Å²) in [5.74, 6) is -0.696. The van der Waals surface area contributed by atoms with E-state index in [4.69, 9.17) is 11.5 Å². The third-order valence-corrected chi connectivity index (χ3v) is 3.17. The molecule has 0 atom stereocenters. The summed E-state index contributed by atoms with van der Waals surface area (Å²) in [4.78, 5) is 15.4. The Bertz CT molecular complexity index is 840. The maximum atomic E-state index is 11.8. The van der Waals surface area contributed by atoms with Gasteiger partial charge in [0, 0.05) is 17.3 Å². The van der Waals surface area contributed by atoms with E-state index in [1.54, 1.807) is 18.3 Å². The number of nitrogens with two attached hydrogens (primary N) is 5. The SMILES string of the molecule is CN.CN.CN.NC(N)=NC(=O)c1ccc2c(-c3cn[nH]c3)cccc2c1. The van der Waals surface area contributed by atoms with Crippen molar-refractivity contribution in [2.45, 2.75) is 0 Å². The predicted molar refractivity (Wildman–Crippen MR) is 112 cm³/mol. The Morgan fingerprint density at radius 2 is 1.67 bits per heavy atom. The molecule has 27 heavy (non-hydrogen) atoms. The maximum Gasteiger partial charge on any atom is 0.280 e. The first-order valence-electron chi connectivity index (χ1n) is 8.04. The lowest BCUT2D eigenvalue weighted by Gasteiger charge is -2.06. The summed E-state index contributed by atoms with van der Waals surface area (Å²) in [7, 11) is 4.50. The van der Waals surface area contributed by atoms with Crippen molar-refractivity contribution in [3.8, 4) is 11.1 Å². The molecule has 0 aliphatic heterocycles. The highest BCUT2D eigenvalue weighted by molar-refractivity contribution is 6.06. The van der Waals surface area contributed by atoms with Crippen LogP contribution in [0.4, 0.5) is 0 Å². The summed E-state index contributed by atoms with van der Waals surface area (Å²) in [6.45, 7) is 0. The lowest BCUT2D eigenvalue weighted by atomic mass is 9.99. The van der Waals surface area contributed by atoms with Crippen LogP contribution in [-0.2, 0) is 0 Å². The first-order valence-corrected chi connectivity index (χ1v) is 8.04. The molecule has 3 rings (SSSR count). The van der Waals surface area contributed by atoms with Crippen LogP contribution in [-0.4, -0.2) is 43.2 Å². The fourth-order valence-electron chi connectivity index (χ4n) is 2.25. The van der Waals surface area contributed by atoms with Crippen LogP contribution in [0.3, 0.4) is 0 Å². The molecule has 1 amide bonds. The number of carbonyl (C=O) groups excluding carboxylic acids is 1. The van der Waals surface area contributed by atoms with Gasteiger partial charge in [0.15, 0.2) is 5.96 Å². The van der Waals surface area contributed by atoms with Crippen molar-refractivity contribution in [3.05, 3.63) is 54.4 Å². The molecule has 0 saturated heterocycles. The van der Waals surface area contributed by atoms with Gasteiger partial charge in [0.05, 0.1) is 6.20 Å². The number of rotatable bonds is 2. The molecule has 1 aromatic heterocycles. The van der Waals surface area contributed by atoms with Crippen LogP contribution in [0.5, 0.6) is 0 Å². The monoisotopic (exact) mass is 372 g/mol. The molecule has 0 bridgehead atoms. The number of benzene rings is 2. The third-order valence-electron chi connectivity index (χ3n) is 3.17. The van der Waals surface area contributed by atoms with Crippen molar-refractivity contribution in [2.24, 2.45) is 33.7 Å². The van der Waals surface area contributed by atoms with E-state index < -0.39 is 5.91 Å². The Morgan fingerprint density at radius 3 is 2.22 bits per heavy atom. The summed E-state index contributed by atoms with van der Waals surface area (Å²) in [6, 6.07) is 11.2. The molecular weight excluding hydrogens is 344 g/mol. The number of nitrogens with one attached hydrogen (secondary N) is 1. The highest BCUT2D eigenvalue weighted by Crippen LogP contribution is 2.28. The molecule has 2 aromatic carbocycles. The number of aromatic amines is 1. The van der Waals surface area contributed by atoms with E-state index >= 15 is 0 Å². The maximum absolute atomic E-state index is 11.8. The normalized spacial score (nSPS) is 8.81. The average molecular weight is 372 g/mol. The van der Waals surface area contributed by atoms with Gasteiger partial charge in [-0.1, -0.05) is 24.3 Å². The van der Waals surface area contributed by atoms with Crippen molar-refractivity contribution in [1.29, 1.82) is 0 Å². The van der Waals surface area contributed by atoms with Gasteiger partial charge in [-0.2, -0.15) is 10.1 Å². The first-order chi connectivity index (χ1) is 13.1. The molecule has 9 nitrogen and oxygen atoms in total. The van der Waals surface area contributed by atoms with Crippen molar-refractivity contribution in [2.75, 3.05) is 21.1 Å². The minimum Gasteiger partial charge on any atom is -0.370 e. The molecule has 0 fully saturated rings. The molecule has 11 N–H and O–H groups in total. The smallest absolute Gasteiger partial charge is 0.280 e. The minimum atomic E-state index is -0.453. The number of aliphatic imine (C=N–C) groups is 1. The zero-order valence-electron chi connectivity index (χ0n) is 15.8. The van der Waals surface area contributed by atoms with E-state index in [0.717, 1.165) is 21.9 Å². The van der Waals surface area contributed by atoms with Crippen molar-refractivity contribution < 1.29 is 4.79 Å². The van der Waals surface area contributed by atoms with Gasteiger partial charge in [-0.25, -0.2) is 0 Å². The molecule has 0 aliphatic rings. The highest BCUT2D eigenvalue weighted by Gasteiger charge is 2.09. The van der Waals surface area contributed by atoms with Gasteiger partial charge in [0.2, 0.25) is 0 Å². The van der Waals surface area contributed by atoms with E-state index in [1.807, 2.05) is 30.5 Å². The number of amides is 1. The van der Waals surface area contributed by atoms with E-state index in [2.05, 4.69) is 32.4 Å². The Kier molecular flexibility index (Phi) is 11.4. The van der Waals surface area contributed by atoms with E-state index in [9.17, 15) is 4.79 Å². The van der Waals surface area contributed by atoms with Crippen molar-refractivity contribution >= 4 is 22.6 Å². The summed E-state index contributed by atoms with van der Waals surface area (Å²) in [5, 5.41) is 8.72. The number of hydrogen-bond acceptors (Lipinski definition) is 5. The molecule has 0 saturated carbocycles. The van der Waals surface area contributed by atoms with Gasteiger partial charge >= 0.3 is 0 Å². The van der Waals surface area contributed by atoms with Gasteiger partial charge in [-0.15, -0.1) is 0 Å². The Hall–Kier alpha value is -3.27. The van der Waals surface area contributed by atoms with Crippen LogP contribution < -0.4 is 28.7 Å². The van der Waals surface area contributed by atoms with Crippen LogP contribution in [0.1, 0.15) is 10.4 Å². The lowest BCUT2D eigenvalue weighted by molar-refractivity contribution is 0.100. The van der Waals surface area contributed by atoms with Gasteiger partial charge in [0.25, 0.3) is 5.91 Å². The highest BCUT2D eigenvalue weighted by atomic mass is 16.1. The molecular formula is C18H28N8O. The molecule has 3 aromatic rings. The zero-order valence-corrected chi connectivity index (χ0v) is 15.8. The van der Waals surface area contributed by atoms with Crippen LogP contribution in [0.25, 0.3) is 21.9 Å². The number of aromatic nitrogens is 2. The largest absolute Gasteiger partial charge is 0.370 e. The second-order valence-corrected chi connectivity index (χ2v) is 4.57. The van der Waals surface area contributed by atoms with Crippen LogP contribution >= 0.6 is 0 Å². The topological polar surface area (TPSA) is 188 Å². The number of H-pyrrole nitrogens is 1. The summed E-state index contributed by atoms with van der Waals surface area (Å²) >= 11 is 0. The van der Waals surface area contributed by atoms with E-state index in [0.29, 0.717) is 5.56 Å². The average Bonchev–Trinajstić information content (AvgIpc) is 3.26. The number of hydrogen-bond donors (Lipinski definition) is 6. The number of nitrogens with zero attached hydrogens (tertiary/aromatic N) is 2. The summed E-state index contributed by atoms with van der Waals surface area (Å²) in [5.41, 5.74) is 26.4. The molecule has 0 unspecified atom stereocenters. The molecule has 0 radical (unpaired) electrons. The second kappa shape index (κ2) is 13.0. The third kappa shape index (κ3) is 6.51. The Morgan fingerprint density at radius 1 is 1.00 bits per heavy atom. The number of fused-ring (bicyclic) bond motifs is 1. The van der Waals surface area contributed by atoms with Gasteiger partial charge < -0.3 is 28.7 Å². The fraction of sp³-hybridized carbons (Fsp3) is 0.167. The fourth-order valence-corrected chi connectivity index (χ4v) is 2.25. The second-order valence-electron chi connectivity index (χ2n) is 4.57. The van der Waals surface area contributed by atoms with Crippen LogP contribution in [0.2, 0.25) is 0 Å². The quantitative estimate of drug-likeness (QED) is 0.276. The summed E-state index contributed by atoms with van der Waals surface area (Å²) < 4.78 is 0. The zero-order chi connectivity index (χ0) is 20.8. The van der Waals surface area contributed by atoms with Gasteiger partial charge in [-0.05, 0) is 49.6 Å². The lowest BCUT2D eigenvalue weighted by Crippen LogP contribution is -2.24. The molecule has 0 aliphatic carbocycles. The van der Waals surface area contributed by atoms with Crippen LogP contribution in [0, 0.1) is 0 Å². The van der Waals surface area contributed by atoms with Gasteiger partial charge in [0.1, 0.15) is 0 Å². The molecule has 1 heterocycles. The van der Waals surface area contributed by atoms with Crippen LogP contribution in [0.15, 0.2) is 53.8 Å². The molecule has 9 heteroatoms. The summed E-state index contributed by atoms with van der Waals surface area (Å²) in [6.07, 6.45) is 3.58. The molecule has 146 valence electrons. The van der Waals surface area contributed by atoms with E-state index in [1.165, 1.54) is 21.1 Å². The predicted octanol–water partition coefficient (Wildman–Crippen LogP) is 0.368. The van der Waals surface area contributed by atoms with E-state index in [-0.39, 0.29) is 5.96 Å². The van der Waals surface area contributed by atoms with Crippen molar-refractivity contribution in [1.82, 2.24) is 10.2 Å².